The van der Waals surface area contributed by atoms with Crippen LogP contribution < -0.4 is 0 Å². The molecule has 1 aliphatic heterocycles. The monoisotopic (exact) mass is 438 g/mol. The van der Waals surface area contributed by atoms with Gasteiger partial charge in [0.25, 0.3) is 4.73 Å². The molecule has 4 bridgehead atoms. The van der Waals surface area contributed by atoms with Gasteiger partial charge in [-0.3, -0.25) is 4.79 Å². The maximum atomic E-state index is 13.6. The molecule has 2 heterocycles. The highest BCUT2D eigenvalue weighted by atomic mass is 79.9. The number of amides is 1. The Balaban J connectivity index is 1.47. The van der Waals surface area contributed by atoms with Crippen LogP contribution >= 0.6 is 15.9 Å². The van der Waals surface area contributed by atoms with Crippen LogP contribution in [0.15, 0.2) is 4.73 Å². The Morgan fingerprint density at radius 3 is 2.67 bits per heavy atom. The summed E-state index contributed by atoms with van der Waals surface area (Å²) in [5.74, 6) is 0.761. The number of aromatic nitrogens is 3. The van der Waals surface area contributed by atoms with E-state index in [1.165, 1.54) is 0 Å². The van der Waals surface area contributed by atoms with Crippen LogP contribution in [-0.4, -0.2) is 68.6 Å². The first-order valence-corrected chi connectivity index (χ1v) is 10.4. The SMILES string of the molecule is CN1CCN(C(=O)C23CC4CC2CC(n2nc([N+](=O)[O-])nc2Br)(C4)C3)CC1. The first-order chi connectivity index (χ1) is 12.8. The molecule has 9 nitrogen and oxygen atoms in total. The second-order valence-electron chi connectivity index (χ2n) is 8.91. The Kier molecular flexibility index (Phi) is 3.72. The number of nitrogens with zero attached hydrogens (tertiary/aromatic N) is 6. The first-order valence-electron chi connectivity index (χ1n) is 9.58. The van der Waals surface area contributed by atoms with E-state index in [1.807, 2.05) is 0 Å². The normalized spacial score (nSPS) is 37.9. The van der Waals surface area contributed by atoms with Crippen molar-refractivity contribution < 1.29 is 9.72 Å². The summed E-state index contributed by atoms with van der Waals surface area (Å²) in [7, 11) is 2.09. The fourth-order valence-corrected chi connectivity index (χ4v) is 7.04. The van der Waals surface area contributed by atoms with Gasteiger partial charge in [0, 0.05) is 47.2 Å². The number of carbonyl (C=O) groups excluding carboxylic acids is 1. The Bertz CT molecular complexity index is 822. The number of hydrogen-bond donors (Lipinski definition) is 0. The molecule has 1 aromatic heterocycles. The van der Waals surface area contributed by atoms with Crippen LogP contribution in [0.25, 0.3) is 0 Å². The zero-order valence-electron chi connectivity index (χ0n) is 15.3. The second kappa shape index (κ2) is 5.73. The molecule has 4 aliphatic carbocycles. The van der Waals surface area contributed by atoms with Crippen molar-refractivity contribution in [2.75, 3.05) is 33.2 Å². The number of piperazine rings is 1. The standard InChI is InChI=1S/C17H23BrN6O3/c1-21-2-4-22(5-3-21)13(25)17-8-11-6-12(17)9-16(7-11,10-17)23-14(18)19-15(20-23)24(26)27/h11-12H,2-10H2,1H3. The molecule has 1 saturated heterocycles. The summed E-state index contributed by atoms with van der Waals surface area (Å²) in [5, 5.41) is 15.3. The lowest BCUT2D eigenvalue weighted by Gasteiger charge is -2.42. The minimum absolute atomic E-state index is 0.301. The zero-order chi connectivity index (χ0) is 19.0. The van der Waals surface area contributed by atoms with Gasteiger partial charge < -0.3 is 19.9 Å². The second-order valence-corrected chi connectivity index (χ2v) is 9.62. The van der Waals surface area contributed by atoms with Crippen LogP contribution in [0.3, 0.4) is 0 Å². The van der Waals surface area contributed by atoms with Gasteiger partial charge in [0.2, 0.25) is 5.91 Å². The van der Waals surface area contributed by atoms with E-state index in [-0.39, 0.29) is 16.9 Å². The molecular weight excluding hydrogens is 416 g/mol. The van der Waals surface area contributed by atoms with Gasteiger partial charge in [0.1, 0.15) is 0 Å². The molecule has 4 saturated carbocycles. The summed E-state index contributed by atoms with van der Waals surface area (Å²) in [4.78, 5) is 32.4. The van der Waals surface area contributed by atoms with Crippen LogP contribution in [0.4, 0.5) is 5.95 Å². The van der Waals surface area contributed by atoms with E-state index in [2.05, 4.69) is 42.9 Å². The summed E-state index contributed by atoms with van der Waals surface area (Å²) in [6, 6.07) is 0. The molecule has 5 aliphatic rings. The van der Waals surface area contributed by atoms with E-state index in [1.54, 1.807) is 4.68 Å². The van der Waals surface area contributed by atoms with Gasteiger partial charge in [0.15, 0.2) is 0 Å². The van der Waals surface area contributed by atoms with E-state index < -0.39 is 4.92 Å². The fraction of sp³-hybridized carbons (Fsp3) is 0.824. The van der Waals surface area contributed by atoms with Crippen molar-refractivity contribution in [2.24, 2.45) is 17.3 Å². The van der Waals surface area contributed by atoms with Crippen molar-refractivity contribution in [3.63, 3.8) is 0 Å². The molecule has 4 unspecified atom stereocenters. The highest BCUT2D eigenvalue weighted by Crippen LogP contribution is 2.70. The third-order valence-electron chi connectivity index (χ3n) is 7.38. The predicted molar refractivity (Wildman–Crippen MR) is 98.9 cm³/mol. The maximum Gasteiger partial charge on any atom is 0.492 e. The number of nitro groups is 1. The predicted octanol–water partition coefficient (Wildman–Crippen LogP) is 1.63. The molecule has 6 rings (SSSR count). The van der Waals surface area contributed by atoms with Crippen molar-refractivity contribution in [1.82, 2.24) is 24.6 Å². The first kappa shape index (κ1) is 17.5. The molecule has 4 atom stereocenters. The third-order valence-corrected chi connectivity index (χ3v) is 7.89. The van der Waals surface area contributed by atoms with Crippen molar-refractivity contribution in [1.29, 1.82) is 0 Å². The number of rotatable bonds is 3. The topological polar surface area (TPSA) is 97.4 Å². The van der Waals surface area contributed by atoms with Crippen LogP contribution in [0, 0.1) is 27.4 Å². The molecule has 5 fully saturated rings. The van der Waals surface area contributed by atoms with E-state index in [0.717, 1.165) is 58.3 Å². The Labute approximate surface area is 165 Å². The minimum Gasteiger partial charge on any atom is -0.390 e. The van der Waals surface area contributed by atoms with Crippen LogP contribution in [0.1, 0.15) is 32.1 Å². The van der Waals surface area contributed by atoms with E-state index in [0.29, 0.717) is 22.5 Å². The average molecular weight is 439 g/mol. The van der Waals surface area contributed by atoms with Crippen molar-refractivity contribution in [3.8, 4) is 0 Å². The lowest BCUT2D eigenvalue weighted by atomic mass is 9.71. The Hall–Kier alpha value is -1.55. The van der Waals surface area contributed by atoms with Crippen LogP contribution in [0.2, 0.25) is 0 Å². The van der Waals surface area contributed by atoms with Crippen molar-refractivity contribution in [2.45, 2.75) is 37.6 Å². The Morgan fingerprint density at radius 2 is 2.00 bits per heavy atom. The highest BCUT2D eigenvalue weighted by Gasteiger charge is 2.69. The average Bonchev–Trinajstić information content (AvgIpc) is 3.21. The van der Waals surface area contributed by atoms with Crippen molar-refractivity contribution in [3.05, 3.63) is 14.8 Å². The molecule has 0 aromatic carbocycles. The lowest BCUT2D eigenvalue weighted by molar-refractivity contribution is -0.394. The van der Waals surface area contributed by atoms with Gasteiger partial charge in [0.05, 0.1) is 11.0 Å². The molecule has 1 aromatic rings. The third kappa shape index (κ3) is 2.41. The number of carbonyl (C=O) groups is 1. The summed E-state index contributed by atoms with van der Waals surface area (Å²) < 4.78 is 2.11. The smallest absolute Gasteiger partial charge is 0.390 e. The van der Waals surface area contributed by atoms with E-state index >= 15 is 0 Å². The molecule has 10 heteroatoms. The summed E-state index contributed by atoms with van der Waals surface area (Å²) >= 11 is 3.37. The molecule has 27 heavy (non-hydrogen) atoms. The molecule has 146 valence electrons. The van der Waals surface area contributed by atoms with E-state index in [4.69, 9.17) is 0 Å². The summed E-state index contributed by atoms with van der Waals surface area (Å²) in [6.45, 7) is 3.42. The van der Waals surface area contributed by atoms with Crippen molar-refractivity contribution >= 4 is 27.8 Å². The van der Waals surface area contributed by atoms with Crippen LogP contribution in [0.5, 0.6) is 0 Å². The van der Waals surface area contributed by atoms with Gasteiger partial charge in [-0.05, 0) is 60.9 Å². The minimum atomic E-state index is -0.557. The van der Waals surface area contributed by atoms with E-state index in [9.17, 15) is 14.9 Å². The number of halogens is 1. The zero-order valence-corrected chi connectivity index (χ0v) is 16.9. The molecule has 0 radical (unpaired) electrons. The molecule has 0 spiro atoms. The number of likely N-dealkylation sites (N-methyl/N-ethyl adjacent to an activating group) is 1. The van der Waals surface area contributed by atoms with Gasteiger partial charge in [-0.1, -0.05) is 0 Å². The number of hydrogen-bond acceptors (Lipinski definition) is 6. The molecular formula is C17H23BrN6O3. The van der Waals surface area contributed by atoms with Gasteiger partial charge in [-0.25, -0.2) is 0 Å². The maximum absolute atomic E-state index is 13.6. The highest BCUT2D eigenvalue weighted by molar-refractivity contribution is 9.10. The fourth-order valence-electron chi connectivity index (χ4n) is 6.43. The Morgan fingerprint density at radius 1 is 1.26 bits per heavy atom. The lowest BCUT2D eigenvalue weighted by Crippen LogP contribution is -2.53. The van der Waals surface area contributed by atoms with Gasteiger partial charge >= 0.3 is 5.95 Å². The quantitative estimate of drug-likeness (QED) is 0.525. The largest absolute Gasteiger partial charge is 0.492 e. The van der Waals surface area contributed by atoms with Gasteiger partial charge in [-0.15, -0.1) is 0 Å². The van der Waals surface area contributed by atoms with Gasteiger partial charge in [-0.2, -0.15) is 4.68 Å². The van der Waals surface area contributed by atoms with Crippen LogP contribution in [-0.2, 0) is 10.3 Å². The molecule has 1 amide bonds. The summed E-state index contributed by atoms with van der Waals surface area (Å²) in [5.41, 5.74) is -0.646. The summed E-state index contributed by atoms with van der Waals surface area (Å²) in [6.07, 6.45) is 4.57. The molecule has 0 N–H and O–H groups in total.